The van der Waals surface area contributed by atoms with Crippen LogP contribution in [0.1, 0.15) is 18.4 Å². The Balaban J connectivity index is 0.00000208. The summed E-state index contributed by atoms with van der Waals surface area (Å²) in [6, 6.07) is 3.56. The smallest absolute Gasteiger partial charge is 0.307 e. The van der Waals surface area contributed by atoms with Crippen LogP contribution >= 0.6 is 32.9 Å². The zero-order chi connectivity index (χ0) is 16.6. The van der Waals surface area contributed by atoms with Crippen LogP contribution in [-0.4, -0.2) is 46.3 Å². The molecule has 7 nitrogen and oxygen atoms in total. The third-order valence-corrected chi connectivity index (χ3v) is 4.67. The number of carbonyl (C=O) groups is 2. The van der Waals surface area contributed by atoms with Gasteiger partial charge in [0.2, 0.25) is 0 Å². The number of amides is 1. The monoisotopic (exact) mass is 462 g/mol. The second kappa shape index (κ2) is 7.71. The number of rotatable bonds is 3. The van der Waals surface area contributed by atoms with Crippen molar-refractivity contribution >= 4 is 56.2 Å². The number of fused-ring (bicyclic) bond motifs is 1. The predicted octanol–water partition coefficient (Wildman–Crippen LogP) is 2.69. The highest BCUT2D eigenvalue weighted by atomic mass is 79.9. The predicted molar refractivity (Wildman–Crippen MR) is 96.9 cm³/mol. The molecule has 2 N–H and O–H groups in total. The number of anilines is 1. The van der Waals surface area contributed by atoms with Gasteiger partial charge in [0, 0.05) is 32.8 Å². The number of likely N-dealkylation sites (tertiary alicyclic amines) is 1. The highest BCUT2D eigenvalue weighted by Crippen LogP contribution is 2.36. The first-order valence-electron chi connectivity index (χ1n) is 7.46. The van der Waals surface area contributed by atoms with Crippen molar-refractivity contribution in [3.63, 3.8) is 0 Å². The first-order chi connectivity index (χ1) is 10.9. The van der Waals surface area contributed by atoms with Crippen molar-refractivity contribution in [2.45, 2.75) is 19.4 Å². The molecule has 2 aliphatic rings. The van der Waals surface area contributed by atoms with Crippen LogP contribution in [-0.2, 0) is 16.1 Å². The molecule has 1 amide bonds. The summed E-state index contributed by atoms with van der Waals surface area (Å²) < 4.78 is 1.47. The number of nitrogens with zero attached hydrogens (tertiary/aromatic N) is 2. The number of benzene rings is 1. The quantitative estimate of drug-likeness (QED) is 0.672. The van der Waals surface area contributed by atoms with E-state index in [4.69, 9.17) is 0 Å². The van der Waals surface area contributed by atoms with Crippen molar-refractivity contribution in [3.8, 4) is 0 Å². The molecule has 1 saturated heterocycles. The van der Waals surface area contributed by atoms with Gasteiger partial charge in [-0.1, -0.05) is 15.9 Å². The summed E-state index contributed by atoms with van der Waals surface area (Å²) in [5.74, 6) is -1.47. The molecule has 1 unspecified atom stereocenters. The van der Waals surface area contributed by atoms with E-state index >= 15 is 0 Å². The zero-order valence-corrected chi connectivity index (χ0v) is 16.1. The Morgan fingerprint density at radius 2 is 2.21 bits per heavy atom. The summed E-state index contributed by atoms with van der Waals surface area (Å²) in [7, 11) is 0. The molecule has 0 spiro atoms. The van der Waals surface area contributed by atoms with Crippen molar-refractivity contribution < 1.29 is 19.5 Å². The fourth-order valence-corrected chi connectivity index (χ4v) is 3.71. The van der Waals surface area contributed by atoms with Crippen molar-refractivity contribution in [1.29, 1.82) is 0 Å². The van der Waals surface area contributed by atoms with Gasteiger partial charge < -0.3 is 10.4 Å². The van der Waals surface area contributed by atoms with Crippen LogP contribution < -0.4 is 5.32 Å². The first kappa shape index (κ1) is 19.0. The Bertz CT molecular complexity index is 696. The average Bonchev–Trinajstić information content (AvgIpc) is 2.46. The summed E-state index contributed by atoms with van der Waals surface area (Å²) in [6.07, 6.45) is 1.51. The third-order valence-electron chi connectivity index (χ3n) is 4.21. The first-order valence-corrected chi connectivity index (χ1v) is 8.25. The Morgan fingerprint density at radius 3 is 2.92 bits per heavy atom. The Hall–Kier alpha value is -1.32. The molecular formula is C15H18Br2N3O4+. The van der Waals surface area contributed by atoms with E-state index in [9.17, 15) is 19.6 Å². The molecule has 0 aromatic heterocycles. The lowest BCUT2D eigenvalue weighted by molar-refractivity contribution is -0.451. The third kappa shape index (κ3) is 4.01. The highest BCUT2D eigenvalue weighted by molar-refractivity contribution is 9.10. The molecule has 0 radical (unpaired) electrons. The topological polar surface area (TPSA) is 89.7 Å². The summed E-state index contributed by atoms with van der Waals surface area (Å²) in [4.78, 5) is 36.9. The average molecular weight is 464 g/mol. The van der Waals surface area contributed by atoms with Gasteiger partial charge >= 0.3 is 5.97 Å². The lowest BCUT2D eigenvalue weighted by atomic mass is 9.97. The van der Waals surface area contributed by atoms with Gasteiger partial charge in [-0.2, -0.15) is 0 Å². The number of carbonyl (C=O) groups excluding carboxylic acids is 1. The lowest BCUT2D eigenvalue weighted by Crippen LogP contribution is -2.38. The fraction of sp³-hybridized carbons (Fsp3) is 0.467. The van der Waals surface area contributed by atoms with Crippen molar-refractivity contribution in [2.24, 2.45) is 5.92 Å². The number of nitrogens with one attached hydrogen (secondary N) is 1. The van der Waals surface area contributed by atoms with Gasteiger partial charge in [0.25, 0.3) is 18.1 Å². The van der Waals surface area contributed by atoms with Crippen LogP contribution in [0.2, 0.25) is 0 Å². The standard InChI is InChI=1S/C15H16BrN3O4.BrH/c16-11-4-10(7-18-3-1-2-9(6-18)15(21)22)14-12(5-11)17-13(20)8-19(14)23;/h4-5,9H,1-3,6-8H2,(H-,17,20,21,22,23);1H/p+1. The molecule has 1 atom stereocenters. The minimum Gasteiger partial charge on any atom is -0.481 e. The maximum atomic E-state index is 12.2. The fourth-order valence-electron chi connectivity index (χ4n) is 3.21. The molecule has 1 aromatic carbocycles. The van der Waals surface area contributed by atoms with E-state index in [1.807, 2.05) is 6.07 Å². The molecule has 0 saturated carbocycles. The van der Waals surface area contributed by atoms with Gasteiger partial charge in [0.15, 0.2) is 0 Å². The largest absolute Gasteiger partial charge is 0.481 e. The van der Waals surface area contributed by atoms with Crippen molar-refractivity contribution in [3.05, 3.63) is 27.1 Å². The number of carboxylic acids is 1. The van der Waals surface area contributed by atoms with Crippen LogP contribution in [0.25, 0.3) is 0 Å². The molecule has 0 aliphatic carbocycles. The van der Waals surface area contributed by atoms with E-state index in [1.54, 1.807) is 6.07 Å². The van der Waals surface area contributed by atoms with E-state index in [1.165, 1.54) is 0 Å². The second-order valence-electron chi connectivity index (χ2n) is 5.96. The Morgan fingerprint density at radius 1 is 1.46 bits per heavy atom. The number of carboxylic acid groups (broad SMARTS) is 1. The molecule has 9 heteroatoms. The molecule has 24 heavy (non-hydrogen) atoms. The normalized spacial score (nSPS) is 20.8. The lowest BCUT2D eigenvalue weighted by Gasteiger charge is -2.30. The van der Waals surface area contributed by atoms with Crippen molar-refractivity contribution in [2.75, 3.05) is 25.0 Å². The summed E-state index contributed by atoms with van der Waals surface area (Å²) >= 11 is 3.40. The van der Waals surface area contributed by atoms with Gasteiger partial charge in [0.1, 0.15) is 5.69 Å². The van der Waals surface area contributed by atoms with E-state index in [2.05, 4.69) is 26.1 Å². The Kier molecular flexibility index (Phi) is 6.11. The molecule has 1 fully saturated rings. The van der Waals surface area contributed by atoms with Gasteiger partial charge in [-0.05, 0) is 31.5 Å². The maximum absolute atomic E-state index is 12.2. The van der Waals surface area contributed by atoms with Gasteiger partial charge in [-0.25, -0.2) is 0 Å². The summed E-state index contributed by atoms with van der Waals surface area (Å²) in [5, 5.41) is 11.9. The summed E-state index contributed by atoms with van der Waals surface area (Å²) in [6.45, 7) is 1.54. The van der Waals surface area contributed by atoms with E-state index in [-0.39, 0.29) is 35.4 Å². The number of hydrogen-bond donors (Lipinski definition) is 2. The number of nitroso groups, excluding NO2 is 1. The molecule has 2 aliphatic heterocycles. The maximum Gasteiger partial charge on any atom is 0.307 e. The number of piperidine rings is 1. The summed E-state index contributed by atoms with van der Waals surface area (Å²) in [5.41, 5.74) is 1.74. The van der Waals surface area contributed by atoms with Crippen LogP contribution in [0.4, 0.5) is 11.4 Å². The molecule has 130 valence electrons. The molecule has 0 bridgehead atoms. The van der Waals surface area contributed by atoms with Gasteiger partial charge in [-0.15, -0.1) is 17.0 Å². The van der Waals surface area contributed by atoms with Gasteiger partial charge in [-0.3, -0.25) is 14.5 Å². The Labute approximate surface area is 157 Å². The molecule has 3 rings (SSSR count). The molecule has 1 aromatic rings. The van der Waals surface area contributed by atoms with E-state index in [0.717, 1.165) is 23.0 Å². The van der Waals surface area contributed by atoms with Gasteiger partial charge in [0.05, 0.1) is 5.92 Å². The minimum absolute atomic E-state index is 0. The van der Waals surface area contributed by atoms with Crippen LogP contribution in [0.15, 0.2) is 16.6 Å². The SMILES string of the molecule is Br.O=C1C[N+](=O)c2c(CN3CCCC(C(=O)O)C3)cc(Br)cc2N1. The number of hydrogen-bond acceptors (Lipinski definition) is 4. The second-order valence-corrected chi connectivity index (χ2v) is 6.87. The van der Waals surface area contributed by atoms with Crippen molar-refractivity contribution in [1.82, 2.24) is 4.90 Å². The van der Waals surface area contributed by atoms with E-state index < -0.39 is 5.97 Å². The van der Waals surface area contributed by atoms with Crippen LogP contribution in [0.5, 0.6) is 0 Å². The number of halogens is 2. The van der Waals surface area contributed by atoms with E-state index in [0.29, 0.717) is 35.6 Å². The zero-order valence-electron chi connectivity index (χ0n) is 12.8. The molecular weight excluding hydrogens is 446 g/mol. The highest BCUT2D eigenvalue weighted by Gasteiger charge is 2.34. The number of aliphatic carboxylic acids is 1. The molecule has 2 heterocycles. The van der Waals surface area contributed by atoms with Crippen LogP contribution in [0, 0.1) is 10.8 Å². The van der Waals surface area contributed by atoms with Crippen LogP contribution in [0.3, 0.4) is 0 Å². The minimum atomic E-state index is -0.774.